The molecule has 1 aliphatic heterocycles. The number of carbonyl (C=O) groups is 2. The molecule has 0 aromatic heterocycles. The van der Waals surface area contributed by atoms with Crippen molar-refractivity contribution in [3.05, 3.63) is 75.3 Å². The maximum atomic E-state index is 12.9. The summed E-state index contributed by atoms with van der Waals surface area (Å²) in [6, 6.07) is 14.3. The van der Waals surface area contributed by atoms with E-state index in [4.69, 9.17) is 0 Å². The van der Waals surface area contributed by atoms with Crippen molar-refractivity contribution < 1.29 is 14.7 Å². The molecule has 0 aliphatic carbocycles. The smallest absolute Gasteiger partial charge is 0.295 e. The van der Waals surface area contributed by atoms with E-state index >= 15 is 0 Å². The number of likely N-dealkylation sites (tertiary alicyclic amines) is 1. The van der Waals surface area contributed by atoms with Crippen LogP contribution in [0.1, 0.15) is 48.9 Å². The van der Waals surface area contributed by atoms with Crippen LogP contribution in [0.15, 0.2) is 58.6 Å². The number of unbranched alkanes of at least 4 members (excludes halogenated alkanes) is 2. The third-order valence-electron chi connectivity index (χ3n) is 5.02. The first kappa shape index (κ1) is 20.3. The van der Waals surface area contributed by atoms with Crippen LogP contribution in [0.25, 0.3) is 5.76 Å². The molecule has 1 heterocycles. The van der Waals surface area contributed by atoms with Crippen molar-refractivity contribution in [1.82, 2.24) is 4.90 Å². The highest BCUT2D eigenvalue weighted by Gasteiger charge is 2.45. The Hall–Kier alpha value is -2.40. The van der Waals surface area contributed by atoms with Crippen molar-refractivity contribution in [1.29, 1.82) is 0 Å². The van der Waals surface area contributed by atoms with Gasteiger partial charge in [-0.3, -0.25) is 9.59 Å². The highest BCUT2D eigenvalue weighted by molar-refractivity contribution is 9.10. The summed E-state index contributed by atoms with van der Waals surface area (Å²) in [7, 11) is 0. The zero-order valence-corrected chi connectivity index (χ0v) is 17.7. The van der Waals surface area contributed by atoms with E-state index in [1.807, 2.05) is 31.2 Å². The van der Waals surface area contributed by atoms with Gasteiger partial charge in [-0.1, -0.05) is 77.7 Å². The van der Waals surface area contributed by atoms with Gasteiger partial charge in [-0.15, -0.1) is 0 Å². The number of benzene rings is 2. The van der Waals surface area contributed by atoms with Crippen molar-refractivity contribution in [3.8, 4) is 0 Å². The van der Waals surface area contributed by atoms with Crippen molar-refractivity contribution >= 4 is 33.4 Å². The van der Waals surface area contributed by atoms with Crippen molar-refractivity contribution in [2.75, 3.05) is 6.54 Å². The Kier molecular flexibility index (Phi) is 6.35. The number of amides is 1. The molecule has 4 nitrogen and oxygen atoms in total. The Morgan fingerprint density at radius 3 is 2.46 bits per heavy atom. The first-order valence-corrected chi connectivity index (χ1v) is 10.3. The van der Waals surface area contributed by atoms with Gasteiger partial charge in [0, 0.05) is 16.6 Å². The molecule has 0 spiro atoms. The molecule has 2 aromatic carbocycles. The zero-order chi connectivity index (χ0) is 20.3. The Morgan fingerprint density at radius 2 is 1.82 bits per heavy atom. The number of nitrogens with zero attached hydrogens (tertiary/aromatic N) is 1. The monoisotopic (exact) mass is 441 g/mol. The van der Waals surface area contributed by atoms with E-state index < -0.39 is 17.7 Å². The summed E-state index contributed by atoms with van der Waals surface area (Å²) in [6.07, 6.45) is 2.83. The van der Waals surface area contributed by atoms with Crippen molar-refractivity contribution in [3.63, 3.8) is 0 Å². The topological polar surface area (TPSA) is 57.6 Å². The number of ketones is 1. The van der Waals surface area contributed by atoms with E-state index in [9.17, 15) is 14.7 Å². The summed E-state index contributed by atoms with van der Waals surface area (Å²) in [5.41, 5.74) is 2.57. The third-order valence-corrected chi connectivity index (χ3v) is 5.55. The van der Waals surface area contributed by atoms with Gasteiger partial charge in [0.05, 0.1) is 11.6 Å². The molecule has 1 unspecified atom stereocenters. The Balaban J connectivity index is 2.12. The standard InChI is InChI=1S/C23H24BrNO3/c1-3-4-5-13-25-20(17-8-6-7-15(2)14-17)19(22(27)23(25)28)21(26)16-9-11-18(24)12-10-16/h6-12,14,20,26H,3-5,13H2,1-2H3/b21-19-. The van der Waals surface area contributed by atoms with Gasteiger partial charge in [-0.05, 0) is 31.0 Å². The lowest BCUT2D eigenvalue weighted by Gasteiger charge is -2.25. The average Bonchev–Trinajstić information content (AvgIpc) is 2.93. The van der Waals surface area contributed by atoms with Gasteiger partial charge in [0.15, 0.2) is 0 Å². The van der Waals surface area contributed by atoms with Crippen LogP contribution in [0, 0.1) is 6.92 Å². The molecule has 1 amide bonds. The minimum atomic E-state index is -0.622. The first-order valence-electron chi connectivity index (χ1n) is 9.55. The molecular weight excluding hydrogens is 418 g/mol. The summed E-state index contributed by atoms with van der Waals surface area (Å²) < 4.78 is 0.874. The normalized spacial score (nSPS) is 18.7. The number of aryl methyl sites for hydroxylation is 1. The molecule has 1 saturated heterocycles. The summed E-state index contributed by atoms with van der Waals surface area (Å²) in [6.45, 7) is 4.56. The van der Waals surface area contributed by atoms with Crippen LogP contribution in [-0.4, -0.2) is 28.2 Å². The molecule has 1 atom stereocenters. The number of Topliss-reactive ketones (excluding diaryl/α,β-unsaturated/α-hetero) is 1. The summed E-state index contributed by atoms with van der Waals surface area (Å²) in [5, 5.41) is 11.0. The van der Waals surface area contributed by atoms with E-state index in [0.29, 0.717) is 12.1 Å². The van der Waals surface area contributed by atoms with E-state index in [1.165, 1.54) is 0 Å². The van der Waals surface area contributed by atoms with E-state index in [0.717, 1.165) is 34.9 Å². The Labute approximate surface area is 174 Å². The molecule has 2 aromatic rings. The van der Waals surface area contributed by atoms with Crippen LogP contribution in [0.3, 0.4) is 0 Å². The molecule has 1 aliphatic rings. The van der Waals surface area contributed by atoms with Crippen molar-refractivity contribution in [2.45, 2.75) is 39.2 Å². The largest absolute Gasteiger partial charge is 0.507 e. The van der Waals surface area contributed by atoms with E-state index in [2.05, 4.69) is 22.9 Å². The van der Waals surface area contributed by atoms with Crippen LogP contribution in [0.5, 0.6) is 0 Å². The Bertz CT molecular complexity index is 918. The fourth-order valence-electron chi connectivity index (χ4n) is 3.59. The van der Waals surface area contributed by atoms with Gasteiger partial charge in [0.1, 0.15) is 5.76 Å². The van der Waals surface area contributed by atoms with Crippen LogP contribution < -0.4 is 0 Å². The van der Waals surface area contributed by atoms with Crippen LogP contribution in [0.2, 0.25) is 0 Å². The number of rotatable bonds is 6. The minimum absolute atomic E-state index is 0.129. The molecule has 5 heteroatoms. The predicted octanol–water partition coefficient (Wildman–Crippen LogP) is 5.37. The van der Waals surface area contributed by atoms with Crippen LogP contribution in [0.4, 0.5) is 0 Å². The van der Waals surface area contributed by atoms with Gasteiger partial charge in [-0.2, -0.15) is 0 Å². The first-order chi connectivity index (χ1) is 13.4. The molecular formula is C23H24BrNO3. The van der Waals surface area contributed by atoms with Crippen LogP contribution in [-0.2, 0) is 9.59 Å². The van der Waals surface area contributed by atoms with E-state index in [-0.39, 0.29) is 11.3 Å². The maximum Gasteiger partial charge on any atom is 0.295 e. The maximum absolute atomic E-state index is 12.9. The molecule has 0 radical (unpaired) electrons. The van der Waals surface area contributed by atoms with Crippen molar-refractivity contribution in [2.24, 2.45) is 0 Å². The zero-order valence-electron chi connectivity index (χ0n) is 16.1. The number of aliphatic hydroxyl groups excluding tert-OH is 1. The van der Waals surface area contributed by atoms with Crippen LogP contribution >= 0.6 is 15.9 Å². The molecule has 0 bridgehead atoms. The number of carbonyl (C=O) groups excluding carboxylic acids is 2. The highest BCUT2D eigenvalue weighted by atomic mass is 79.9. The summed E-state index contributed by atoms with van der Waals surface area (Å²) >= 11 is 3.37. The minimum Gasteiger partial charge on any atom is -0.507 e. The Morgan fingerprint density at radius 1 is 1.11 bits per heavy atom. The highest BCUT2D eigenvalue weighted by Crippen LogP contribution is 2.39. The predicted molar refractivity (Wildman–Crippen MR) is 114 cm³/mol. The number of hydrogen-bond acceptors (Lipinski definition) is 3. The summed E-state index contributed by atoms with van der Waals surface area (Å²) in [4.78, 5) is 27.3. The summed E-state index contributed by atoms with van der Waals surface area (Å²) in [5.74, 6) is -1.29. The second-order valence-corrected chi connectivity index (χ2v) is 8.04. The fraction of sp³-hybridized carbons (Fsp3) is 0.304. The SMILES string of the molecule is CCCCCN1C(=O)C(=O)/C(=C(\O)c2ccc(Br)cc2)C1c1cccc(C)c1. The molecule has 3 rings (SSSR count). The lowest BCUT2D eigenvalue weighted by Crippen LogP contribution is -2.30. The van der Waals surface area contributed by atoms with Gasteiger partial charge in [0.25, 0.3) is 11.7 Å². The number of hydrogen-bond donors (Lipinski definition) is 1. The second-order valence-electron chi connectivity index (χ2n) is 7.12. The average molecular weight is 442 g/mol. The van der Waals surface area contributed by atoms with Gasteiger partial charge in [-0.25, -0.2) is 0 Å². The fourth-order valence-corrected chi connectivity index (χ4v) is 3.86. The number of halogens is 1. The second kappa shape index (κ2) is 8.74. The lowest BCUT2D eigenvalue weighted by atomic mass is 9.94. The quantitative estimate of drug-likeness (QED) is 0.283. The van der Waals surface area contributed by atoms with Gasteiger partial charge < -0.3 is 10.0 Å². The molecule has 1 fully saturated rings. The number of aliphatic hydroxyl groups is 1. The molecule has 146 valence electrons. The lowest BCUT2D eigenvalue weighted by molar-refractivity contribution is -0.139. The van der Waals surface area contributed by atoms with E-state index in [1.54, 1.807) is 29.2 Å². The third kappa shape index (κ3) is 4.04. The molecule has 28 heavy (non-hydrogen) atoms. The van der Waals surface area contributed by atoms with Gasteiger partial charge in [0.2, 0.25) is 0 Å². The van der Waals surface area contributed by atoms with Gasteiger partial charge >= 0.3 is 0 Å². The molecule has 1 N–H and O–H groups in total. The molecule has 0 saturated carbocycles.